The van der Waals surface area contributed by atoms with Crippen LogP contribution < -0.4 is 0 Å². The van der Waals surface area contributed by atoms with E-state index in [1.807, 2.05) is 20.2 Å². The van der Waals surface area contributed by atoms with Crippen molar-refractivity contribution < 1.29 is 9.53 Å². The fourth-order valence-electron chi connectivity index (χ4n) is 3.23. The van der Waals surface area contributed by atoms with Crippen LogP contribution in [0, 0.1) is 12.8 Å². The third-order valence-electron chi connectivity index (χ3n) is 4.41. The fourth-order valence-corrected chi connectivity index (χ4v) is 3.23. The molecule has 1 spiro atoms. The van der Waals surface area contributed by atoms with Gasteiger partial charge in [0.05, 0.1) is 16.9 Å². The van der Waals surface area contributed by atoms with Crippen LogP contribution in [-0.4, -0.2) is 27.8 Å². The summed E-state index contributed by atoms with van der Waals surface area (Å²) < 4.78 is 7.60. The highest BCUT2D eigenvalue weighted by Crippen LogP contribution is 2.44. The maximum Gasteiger partial charge on any atom is 0.169 e. The summed E-state index contributed by atoms with van der Waals surface area (Å²) in [6.45, 7) is 2.64. The minimum Gasteiger partial charge on any atom is -0.375 e. The molecule has 2 heterocycles. The van der Waals surface area contributed by atoms with Crippen LogP contribution in [0.15, 0.2) is 6.20 Å². The standard InChI is InChI=1S/C14H20N2O2/c1-10-12(9-16(2)15-10)13(17)11-4-7-18-14(8-11)5-3-6-14/h9,11H,3-8H2,1-2H3. The Bertz CT molecular complexity index is 474. The van der Waals surface area contributed by atoms with Crippen molar-refractivity contribution in [1.82, 2.24) is 9.78 Å². The molecular formula is C14H20N2O2. The van der Waals surface area contributed by atoms with Crippen LogP contribution in [0.1, 0.15) is 48.2 Å². The van der Waals surface area contributed by atoms with Gasteiger partial charge in [0.1, 0.15) is 0 Å². The molecule has 1 aromatic rings. The average molecular weight is 248 g/mol. The number of rotatable bonds is 2. The number of ether oxygens (including phenoxy) is 1. The molecule has 1 unspecified atom stereocenters. The summed E-state index contributed by atoms with van der Waals surface area (Å²) in [7, 11) is 1.86. The minimum atomic E-state index is 0.0364. The van der Waals surface area contributed by atoms with Crippen LogP contribution in [0.3, 0.4) is 0 Å². The molecule has 1 atom stereocenters. The van der Waals surface area contributed by atoms with Gasteiger partial charge < -0.3 is 4.74 Å². The van der Waals surface area contributed by atoms with Gasteiger partial charge in [0.15, 0.2) is 5.78 Å². The van der Waals surface area contributed by atoms with Crippen LogP contribution in [-0.2, 0) is 11.8 Å². The van der Waals surface area contributed by atoms with Crippen LogP contribution >= 0.6 is 0 Å². The van der Waals surface area contributed by atoms with Crippen molar-refractivity contribution in [3.05, 3.63) is 17.5 Å². The van der Waals surface area contributed by atoms with Crippen molar-refractivity contribution >= 4 is 5.78 Å². The Kier molecular flexibility index (Phi) is 2.77. The second-order valence-corrected chi connectivity index (χ2v) is 5.74. The molecule has 0 aromatic carbocycles. The molecule has 2 fully saturated rings. The Hall–Kier alpha value is -1.16. The Labute approximate surface area is 107 Å². The van der Waals surface area contributed by atoms with E-state index in [1.54, 1.807) is 4.68 Å². The van der Waals surface area contributed by atoms with Crippen molar-refractivity contribution in [1.29, 1.82) is 0 Å². The second kappa shape index (κ2) is 4.19. The summed E-state index contributed by atoms with van der Waals surface area (Å²) in [6.07, 6.45) is 7.11. The zero-order valence-corrected chi connectivity index (χ0v) is 11.1. The Morgan fingerprint density at radius 3 is 2.89 bits per heavy atom. The molecule has 1 saturated carbocycles. The monoisotopic (exact) mass is 248 g/mol. The summed E-state index contributed by atoms with van der Waals surface area (Å²) in [5, 5.41) is 4.26. The lowest BCUT2D eigenvalue weighted by molar-refractivity contribution is -0.137. The predicted molar refractivity (Wildman–Crippen MR) is 67.5 cm³/mol. The molecule has 3 rings (SSSR count). The van der Waals surface area contributed by atoms with Crippen molar-refractivity contribution in [2.75, 3.05) is 6.61 Å². The second-order valence-electron chi connectivity index (χ2n) is 5.74. The largest absolute Gasteiger partial charge is 0.375 e. The van der Waals surface area contributed by atoms with Gasteiger partial charge in [-0.3, -0.25) is 9.48 Å². The van der Waals surface area contributed by atoms with Gasteiger partial charge in [-0.15, -0.1) is 0 Å². The topological polar surface area (TPSA) is 44.1 Å². The van der Waals surface area contributed by atoms with Gasteiger partial charge in [0.25, 0.3) is 0 Å². The smallest absolute Gasteiger partial charge is 0.169 e. The first-order valence-corrected chi connectivity index (χ1v) is 6.78. The van der Waals surface area contributed by atoms with Gasteiger partial charge >= 0.3 is 0 Å². The third kappa shape index (κ3) is 1.88. The van der Waals surface area contributed by atoms with Crippen molar-refractivity contribution in [3.8, 4) is 0 Å². The molecule has 0 bridgehead atoms. The number of carbonyl (C=O) groups excluding carboxylic acids is 1. The average Bonchev–Trinajstić information content (AvgIpc) is 2.66. The lowest BCUT2D eigenvalue weighted by Crippen LogP contribution is -2.47. The SMILES string of the molecule is Cc1nn(C)cc1C(=O)C1CCOC2(CCC2)C1. The van der Waals surface area contributed by atoms with E-state index < -0.39 is 0 Å². The molecule has 2 aliphatic rings. The first-order valence-electron chi connectivity index (χ1n) is 6.78. The summed E-state index contributed by atoms with van der Waals surface area (Å²) in [6, 6.07) is 0. The van der Waals surface area contributed by atoms with Gasteiger partial charge in [-0.2, -0.15) is 5.10 Å². The number of ketones is 1. The van der Waals surface area contributed by atoms with Crippen LogP contribution in [0.2, 0.25) is 0 Å². The molecule has 1 saturated heterocycles. The maximum absolute atomic E-state index is 12.6. The summed E-state index contributed by atoms with van der Waals surface area (Å²) >= 11 is 0. The fraction of sp³-hybridized carbons (Fsp3) is 0.714. The molecule has 0 radical (unpaired) electrons. The van der Waals surface area contributed by atoms with E-state index in [9.17, 15) is 4.79 Å². The van der Waals surface area contributed by atoms with Crippen LogP contribution in [0.5, 0.6) is 0 Å². The number of carbonyl (C=O) groups is 1. The summed E-state index contributed by atoms with van der Waals surface area (Å²) in [5.74, 6) is 0.386. The van der Waals surface area contributed by atoms with E-state index in [1.165, 1.54) is 6.42 Å². The minimum absolute atomic E-state index is 0.0364. The number of aryl methyl sites for hydroxylation is 2. The lowest BCUT2D eigenvalue weighted by Gasteiger charge is -2.46. The highest BCUT2D eigenvalue weighted by Gasteiger charge is 2.44. The zero-order chi connectivity index (χ0) is 12.8. The normalized spacial score (nSPS) is 26.0. The van der Waals surface area contributed by atoms with Gasteiger partial charge in [-0.1, -0.05) is 0 Å². The number of Topliss-reactive ketones (excluding diaryl/α,β-unsaturated/α-hetero) is 1. The Morgan fingerprint density at radius 1 is 1.56 bits per heavy atom. The molecule has 1 aliphatic carbocycles. The Morgan fingerprint density at radius 2 is 2.33 bits per heavy atom. The summed E-state index contributed by atoms with van der Waals surface area (Å²) in [4.78, 5) is 12.6. The molecular weight excluding hydrogens is 228 g/mol. The van der Waals surface area contributed by atoms with E-state index in [0.717, 1.165) is 43.5 Å². The Balaban J connectivity index is 1.78. The molecule has 1 aromatic heterocycles. The molecule has 0 N–H and O–H groups in total. The maximum atomic E-state index is 12.6. The van der Waals surface area contributed by atoms with Crippen molar-refractivity contribution in [2.45, 2.75) is 44.6 Å². The molecule has 4 heteroatoms. The molecule has 0 amide bonds. The van der Waals surface area contributed by atoms with Gasteiger partial charge in [-0.05, 0) is 39.0 Å². The highest BCUT2D eigenvalue weighted by molar-refractivity contribution is 5.98. The molecule has 1 aliphatic heterocycles. The first kappa shape index (κ1) is 11.9. The van der Waals surface area contributed by atoms with Crippen LogP contribution in [0.25, 0.3) is 0 Å². The van der Waals surface area contributed by atoms with Crippen molar-refractivity contribution in [2.24, 2.45) is 13.0 Å². The van der Waals surface area contributed by atoms with Crippen LogP contribution in [0.4, 0.5) is 0 Å². The zero-order valence-electron chi connectivity index (χ0n) is 11.1. The van der Waals surface area contributed by atoms with Gasteiger partial charge in [0, 0.05) is 25.8 Å². The number of nitrogens with zero attached hydrogens (tertiary/aromatic N) is 2. The summed E-state index contributed by atoms with van der Waals surface area (Å²) in [5.41, 5.74) is 1.67. The van der Waals surface area contributed by atoms with E-state index >= 15 is 0 Å². The van der Waals surface area contributed by atoms with Gasteiger partial charge in [0.2, 0.25) is 0 Å². The first-order chi connectivity index (χ1) is 8.60. The lowest BCUT2D eigenvalue weighted by atomic mass is 9.70. The van der Waals surface area contributed by atoms with Gasteiger partial charge in [-0.25, -0.2) is 0 Å². The molecule has 98 valence electrons. The highest BCUT2D eigenvalue weighted by atomic mass is 16.5. The predicted octanol–water partition coefficient (Wildman–Crippen LogP) is 2.26. The molecule has 4 nitrogen and oxygen atoms in total. The number of hydrogen-bond donors (Lipinski definition) is 0. The number of aromatic nitrogens is 2. The number of hydrogen-bond acceptors (Lipinski definition) is 3. The molecule has 18 heavy (non-hydrogen) atoms. The van der Waals surface area contributed by atoms with Crippen molar-refractivity contribution in [3.63, 3.8) is 0 Å². The quantitative estimate of drug-likeness (QED) is 0.754. The third-order valence-corrected chi connectivity index (χ3v) is 4.41. The van der Waals surface area contributed by atoms with E-state index in [2.05, 4.69) is 5.10 Å². The van der Waals surface area contributed by atoms with E-state index in [-0.39, 0.29) is 17.3 Å². The van der Waals surface area contributed by atoms with E-state index in [0.29, 0.717) is 0 Å². The van der Waals surface area contributed by atoms with E-state index in [4.69, 9.17) is 4.74 Å².